The summed E-state index contributed by atoms with van der Waals surface area (Å²) in [5, 5.41) is 0. The fraction of sp³-hybridized carbons (Fsp3) is 0.538. The van der Waals surface area contributed by atoms with Gasteiger partial charge < -0.3 is 5.73 Å². The smallest absolute Gasteiger partial charge is 0.243 e. The van der Waals surface area contributed by atoms with Crippen LogP contribution in [0.4, 0.5) is 5.69 Å². The SMILES string of the molecule is Cc1cc(N)ccc1S(=O)(=O)N1CC(C)CC1C. The molecule has 1 fully saturated rings. The van der Waals surface area contributed by atoms with Crippen LogP contribution in [0, 0.1) is 12.8 Å². The molecule has 0 saturated carbocycles. The van der Waals surface area contributed by atoms with Crippen LogP contribution >= 0.6 is 0 Å². The van der Waals surface area contributed by atoms with Crippen molar-refractivity contribution in [1.82, 2.24) is 4.31 Å². The first kappa shape index (κ1) is 13.4. The van der Waals surface area contributed by atoms with E-state index < -0.39 is 10.0 Å². The average Bonchev–Trinajstić information content (AvgIpc) is 2.57. The van der Waals surface area contributed by atoms with Crippen LogP contribution in [-0.4, -0.2) is 25.3 Å². The zero-order chi connectivity index (χ0) is 13.5. The van der Waals surface area contributed by atoms with E-state index in [9.17, 15) is 8.42 Å². The molecule has 2 unspecified atom stereocenters. The van der Waals surface area contributed by atoms with Gasteiger partial charge in [-0.2, -0.15) is 4.31 Å². The van der Waals surface area contributed by atoms with E-state index in [1.165, 1.54) is 0 Å². The third-order valence-corrected chi connectivity index (χ3v) is 5.65. The van der Waals surface area contributed by atoms with E-state index in [4.69, 9.17) is 5.73 Å². The first-order chi connectivity index (χ1) is 8.32. The number of nitrogens with two attached hydrogens (primary N) is 1. The molecule has 0 aromatic heterocycles. The highest BCUT2D eigenvalue weighted by Gasteiger charge is 2.36. The number of hydrogen-bond donors (Lipinski definition) is 1. The van der Waals surface area contributed by atoms with Crippen molar-refractivity contribution in [2.75, 3.05) is 12.3 Å². The van der Waals surface area contributed by atoms with Gasteiger partial charge >= 0.3 is 0 Å². The monoisotopic (exact) mass is 268 g/mol. The number of benzene rings is 1. The third kappa shape index (κ3) is 2.24. The van der Waals surface area contributed by atoms with Gasteiger partial charge in [-0.15, -0.1) is 0 Å². The van der Waals surface area contributed by atoms with E-state index in [-0.39, 0.29) is 6.04 Å². The van der Waals surface area contributed by atoms with Crippen molar-refractivity contribution in [1.29, 1.82) is 0 Å². The van der Waals surface area contributed by atoms with Crippen molar-refractivity contribution >= 4 is 15.7 Å². The molecule has 0 bridgehead atoms. The van der Waals surface area contributed by atoms with Gasteiger partial charge in [0.1, 0.15) is 0 Å². The zero-order valence-electron chi connectivity index (χ0n) is 11.1. The van der Waals surface area contributed by atoms with Crippen LogP contribution < -0.4 is 5.73 Å². The maximum atomic E-state index is 12.6. The van der Waals surface area contributed by atoms with Gasteiger partial charge in [-0.25, -0.2) is 8.42 Å². The molecule has 0 aliphatic carbocycles. The summed E-state index contributed by atoms with van der Waals surface area (Å²) < 4.78 is 26.8. The summed E-state index contributed by atoms with van der Waals surface area (Å²) in [5.74, 6) is 0.420. The number of sulfonamides is 1. The Hall–Kier alpha value is -1.07. The molecule has 1 aromatic carbocycles. The quantitative estimate of drug-likeness (QED) is 0.834. The minimum Gasteiger partial charge on any atom is -0.399 e. The lowest BCUT2D eigenvalue weighted by molar-refractivity contribution is 0.405. The molecule has 5 heteroatoms. The maximum absolute atomic E-state index is 12.6. The molecule has 0 amide bonds. The van der Waals surface area contributed by atoms with Crippen molar-refractivity contribution in [3.8, 4) is 0 Å². The highest BCUT2D eigenvalue weighted by atomic mass is 32.2. The molecule has 1 heterocycles. The third-order valence-electron chi connectivity index (χ3n) is 3.51. The van der Waals surface area contributed by atoms with Crippen molar-refractivity contribution < 1.29 is 8.42 Å². The van der Waals surface area contributed by atoms with Crippen LogP contribution in [-0.2, 0) is 10.0 Å². The number of aryl methyl sites for hydroxylation is 1. The van der Waals surface area contributed by atoms with Crippen LogP contribution in [0.5, 0.6) is 0 Å². The van der Waals surface area contributed by atoms with E-state index in [0.717, 1.165) is 6.42 Å². The number of anilines is 1. The predicted molar refractivity (Wildman–Crippen MR) is 72.7 cm³/mol. The average molecular weight is 268 g/mol. The topological polar surface area (TPSA) is 63.4 Å². The van der Waals surface area contributed by atoms with Crippen LogP contribution in [0.2, 0.25) is 0 Å². The lowest BCUT2D eigenvalue weighted by Crippen LogP contribution is -2.34. The Labute approximate surface area is 109 Å². The number of nitrogens with zero attached hydrogens (tertiary/aromatic N) is 1. The van der Waals surface area contributed by atoms with Crippen molar-refractivity contribution in [2.24, 2.45) is 5.92 Å². The molecule has 1 aromatic rings. The van der Waals surface area contributed by atoms with Gasteiger partial charge in [-0.05, 0) is 49.9 Å². The minimum atomic E-state index is -3.39. The molecule has 100 valence electrons. The Morgan fingerprint density at radius 2 is 2.00 bits per heavy atom. The van der Waals surface area contributed by atoms with Gasteiger partial charge in [0.25, 0.3) is 0 Å². The van der Waals surface area contributed by atoms with Gasteiger partial charge in [-0.1, -0.05) is 6.92 Å². The molecule has 1 aliphatic heterocycles. The lowest BCUT2D eigenvalue weighted by Gasteiger charge is -2.22. The Kier molecular flexibility index (Phi) is 3.38. The van der Waals surface area contributed by atoms with E-state index >= 15 is 0 Å². The molecule has 4 nitrogen and oxygen atoms in total. The first-order valence-corrected chi connectivity index (χ1v) is 7.64. The second kappa shape index (κ2) is 4.55. The summed E-state index contributed by atoms with van der Waals surface area (Å²) in [7, 11) is -3.39. The van der Waals surface area contributed by atoms with E-state index in [1.54, 1.807) is 29.4 Å². The van der Waals surface area contributed by atoms with E-state index in [2.05, 4.69) is 6.92 Å². The van der Waals surface area contributed by atoms with Crippen LogP contribution in [0.1, 0.15) is 25.8 Å². The Bertz CT molecular complexity index is 554. The lowest BCUT2D eigenvalue weighted by atomic mass is 10.1. The molecule has 0 radical (unpaired) electrons. The normalized spacial score (nSPS) is 25.5. The number of rotatable bonds is 2. The molecule has 18 heavy (non-hydrogen) atoms. The van der Waals surface area contributed by atoms with E-state index in [1.807, 2.05) is 6.92 Å². The predicted octanol–water partition coefficient (Wildman–Crippen LogP) is 2.00. The van der Waals surface area contributed by atoms with E-state index in [0.29, 0.717) is 28.6 Å². The summed E-state index contributed by atoms with van der Waals surface area (Å²) >= 11 is 0. The van der Waals surface area contributed by atoms with Crippen LogP contribution in [0.3, 0.4) is 0 Å². The highest BCUT2D eigenvalue weighted by Crippen LogP contribution is 2.30. The summed E-state index contributed by atoms with van der Waals surface area (Å²) in [4.78, 5) is 0.373. The Balaban J connectivity index is 2.42. The summed E-state index contributed by atoms with van der Waals surface area (Å²) in [6.07, 6.45) is 0.924. The second-order valence-corrected chi connectivity index (χ2v) is 7.15. The summed E-state index contributed by atoms with van der Waals surface area (Å²) in [6.45, 7) is 6.44. The molecular formula is C13H20N2O2S. The van der Waals surface area contributed by atoms with Gasteiger partial charge in [0.15, 0.2) is 0 Å². The van der Waals surface area contributed by atoms with Crippen molar-refractivity contribution in [3.63, 3.8) is 0 Å². The number of hydrogen-bond acceptors (Lipinski definition) is 3. The molecule has 2 atom stereocenters. The highest BCUT2D eigenvalue weighted by molar-refractivity contribution is 7.89. The second-order valence-electron chi connectivity index (χ2n) is 5.29. The van der Waals surface area contributed by atoms with Gasteiger partial charge in [-0.3, -0.25) is 0 Å². The standard InChI is InChI=1S/C13H20N2O2S/c1-9-6-11(3)15(8-9)18(16,17)13-5-4-12(14)7-10(13)2/h4-5,7,9,11H,6,8,14H2,1-3H3. The molecule has 2 rings (SSSR count). The summed E-state index contributed by atoms with van der Waals surface area (Å²) in [5.41, 5.74) is 6.97. The van der Waals surface area contributed by atoms with Gasteiger partial charge in [0.05, 0.1) is 4.90 Å². The fourth-order valence-electron chi connectivity index (χ4n) is 2.68. The first-order valence-electron chi connectivity index (χ1n) is 6.20. The zero-order valence-corrected chi connectivity index (χ0v) is 11.9. The van der Waals surface area contributed by atoms with Crippen LogP contribution in [0.25, 0.3) is 0 Å². The van der Waals surface area contributed by atoms with Gasteiger partial charge in [0.2, 0.25) is 10.0 Å². The maximum Gasteiger partial charge on any atom is 0.243 e. The molecular weight excluding hydrogens is 248 g/mol. The van der Waals surface area contributed by atoms with Crippen molar-refractivity contribution in [2.45, 2.75) is 38.1 Å². The largest absolute Gasteiger partial charge is 0.399 e. The Morgan fingerprint density at radius 3 is 2.50 bits per heavy atom. The minimum absolute atomic E-state index is 0.0713. The Morgan fingerprint density at radius 1 is 1.33 bits per heavy atom. The summed E-state index contributed by atoms with van der Waals surface area (Å²) in [6, 6.07) is 5.03. The molecule has 1 aliphatic rings. The number of nitrogen functional groups attached to an aromatic ring is 1. The molecule has 2 N–H and O–H groups in total. The van der Waals surface area contributed by atoms with Crippen molar-refractivity contribution in [3.05, 3.63) is 23.8 Å². The molecule has 1 saturated heterocycles. The van der Waals surface area contributed by atoms with Gasteiger partial charge in [0, 0.05) is 18.3 Å². The van der Waals surface area contributed by atoms with Crippen LogP contribution in [0.15, 0.2) is 23.1 Å². The fourth-order valence-corrected chi connectivity index (χ4v) is 4.65. The molecule has 0 spiro atoms.